The summed E-state index contributed by atoms with van der Waals surface area (Å²) in [7, 11) is 0. The van der Waals surface area contributed by atoms with Crippen molar-refractivity contribution in [1.82, 2.24) is 4.90 Å². The molecule has 1 saturated heterocycles. The summed E-state index contributed by atoms with van der Waals surface area (Å²) in [4.78, 5) is 27.9. The van der Waals surface area contributed by atoms with Crippen molar-refractivity contribution in [3.8, 4) is 16.9 Å². The van der Waals surface area contributed by atoms with Crippen LogP contribution >= 0.6 is 0 Å². The fourth-order valence-corrected chi connectivity index (χ4v) is 4.07. The fourth-order valence-electron chi connectivity index (χ4n) is 4.07. The van der Waals surface area contributed by atoms with Crippen molar-refractivity contribution in [3.05, 3.63) is 84.6 Å². The van der Waals surface area contributed by atoms with Crippen LogP contribution in [0.2, 0.25) is 0 Å². The second-order valence-corrected chi connectivity index (χ2v) is 8.35. The Balaban J connectivity index is 1.33. The van der Waals surface area contributed by atoms with Gasteiger partial charge in [-0.15, -0.1) is 0 Å². The Labute approximate surface area is 203 Å². The number of fused-ring (bicyclic) bond motifs is 1. The molecule has 0 radical (unpaired) electrons. The van der Waals surface area contributed by atoms with Crippen molar-refractivity contribution in [2.75, 3.05) is 31.6 Å². The molecule has 1 atom stereocenters. The molecule has 0 spiro atoms. The van der Waals surface area contributed by atoms with Crippen LogP contribution in [0, 0.1) is 0 Å². The quantitative estimate of drug-likeness (QED) is 0.430. The number of nitrogens with zero attached hydrogens (tertiary/aromatic N) is 1. The van der Waals surface area contributed by atoms with Gasteiger partial charge in [-0.3, -0.25) is 9.59 Å². The lowest BCUT2D eigenvalue weighted by Crippen LogP contribution is -2.41. The number of nitrogens with one attached hydrogen (secondary N) is 1. The number of carbonyl (C=O) groups excluding carboxylic acids is 2. The van der Waals surface area contributed by atoms with E-state index in [4.69, 9.17) is 13.9 Å². The molecule has 178 valence electrons. The monoisotopic (exact) mass is 470 g/mol. The van der Waals surface area contributed by atoms with Crippen LogP contribution in [0.1, 0.15) is 17.5 Å². The number of carbonyl (C=O) groups is 2. The SMILES string of the molecule is CC(Oc1ccc(-c2ccccc2)cc1)C(=O)Nc1c(C(=O)N2CCOCC2)oc2ccccc12. The molecule has 0 saturated carbocycles. The topological polar surface area (TPSA) is 81.0 Å². The average Bonchev–Trinajstić information content (AvgIpc) is 3.28. The molecule has 1 aliphatic heterocycles. The Hall–Kier alpha value is -4.10. The second kappa shape index (κ2) is 10.0. The zero-order valence-corrected chi connectivity index (χ0v) is 19.4. The minimum atomic E-state index is -0.794. The molecule has 2 heterocycles. The van der Waals surface area contributed by atoms with Crippen LogP contribution in [-0.4, -0.2) is 49.1 Å². The van der Waals surface area contributed by atoms with Gasteiger partial charge >= 0.3 is 0 Å². The van der Waals surface area contributed by atoms with Gasteiger partial charge in [0.05, 0.1) is 13.2 Å². The van der Waals surface area contributed by atoms with E-state index in [2.05, 4.69) is 5.32 Å². The molecular formula is C28H26N2O5. The summed E-state index contributed by atoms with van der Waals surface area (Å²) in [5, 5.41) is 3.54. The Morgan fingerprint density at radius 1 is 0.886 bits per heavy atom. The van der Waals surface area contributed by atoms with E-state index in [-0.39, 0.29) is 17.6 Å². The van der Waals surface area contributed by atoms with Gasteiger partial charge in [0.25, 0.3) is 11.8 Å². The number of benzene rings is 3. The van der Waals surface area contributed by atoms with Gasteiger partial charge in [-0.2, -0.15) is 0 Å². The maximum atomic E-state index is 13.2. The standard InChI is InChI=1S/C28H26N2O5/c1-19(34-22-13-11-21(12-14-22)20-7-3-2-4-8-20)27(31)29-25-23-9-5-6-10-24(23)35-26(25)28(32)30-15-17-33-18-16-30/h2-14,19H,15-18H2,1H3,(H,29,31). The minimum Gasteiger partial charge on any atom is -0.481 e. The molecule has 7 heteroatoms. The third-order valence-electron chi connectivity index (χ3n) is 5.98. The summed E-state index contributed by atoms with van der Waals surface area (Å²) in [6.45, 7) is 3.57. The van der Waals surface area contributed by atoms with E-state index in [1.54, 1.807) is 17.9 Å². The number of ether oxygens (including phenoxy) is 2. The molecule has 7 nitrogen and oxygen atoms in total. The van der Waals surface area contributed by atoms with Gasteiger partial charge in [-0.1, -0.05) is 54.6 Å². The van der Waals surface area contributed by atoms with Crippen molar-refractivity contribution in [2.24, 2.45) is 0 Å². The highest BCUT2D eigenvalue weighted by Crippen LogP contribution is 2.32. The first-order valence-corrected chi connectivity index (χ1v) is 11.6. The summed E-state index contributed by atoms with van der Waals surface area (Å²) in [5.74, 6) is 0.0412. The van der Waals surface area contributed by atoms with Crippen LogP contribution in [0.4, 0.5) is 5.69 Å². The normalized spacial score (nSPS) is 14.5. The van der Waals surface area contributed by atoms with Crippen molar-refractivity contribution in [1.29, 1.82) is 0 Å². The first-order valence-electron chi connectivity index (χ1n) is 11.6. The van der Waals surface area contributed by atoms with E-state index in [1.807, 2.05) is 72.8 Å². The third-order valence-corrected chi connectivity index (χ3v) is 5.98. The molecule has 0 aliphatic carbocycles. The Morgan fingerprint density at radius 2 is 1.54 bits per heavy atom. The van der Waals surface area contributed by atoms with Crippen LogP contribution in [0.5, 0.6) is 5.75 Å². The lowest BCUT2D eigenvalue weighted by Gasteiger charge is -2.26. The highest BCUT2D eigenvalue weighted by molar-refractivity contribution is 6.11. The predicted molar refractivity (Wildman–Crippen MR) is 134 cm³/mol. The summed E-state index contributed by atoms with van der Waals surface area (Å²) in [6, 6.07) is 24.9. The first-order chi connectivity index (χ1) is 17.1. The number of para-hydroxylation sites is 1. The fraction of sp³-hybridized carbons (Fsp3) is 0.214. The number of morpholine rings is 1. The highest BCUT2D eigenvalue weighted by Gasteiger charge is 2.28. The Bertz CT molecular complexity index is 1320. The lowest BCUT2D eigenvalue weighted by atomic mass is 10.1. The maximum absolute atomic E-state index is 13.2. The molecule has 5 rings (SSSR count). The van der Waals surface area contributed by atoms with Crippen LogP contribution in [-0.2, 0) is 9.53 Å². The molecule has 2 amide bonds. The highest BCUT2D eigenvalue weighted by atomic mass is 16.5. The number of anilines is 1. The van der Waals surface area contributed by atoms with Gasteiger partial charge in [-0.05, 0) is 42.3 Å². The average molecular weight is 471 g/mol. The largest absolute Gasteiger partial charge is 0.481 e. The van der Waals surface area contributed by atoms with E-state index in [0.717, 1.165) is 11.1 Å². The van der Waals surface area contributed by atoms with Crippen LogP contribution in [0.15, 0.2) is 83.3 Å². The van der Waals surface area contributed by atoms with E-state index in [1.165, 1.54) is 0 Å². The molecule has 1 aliphatic rings. The smallest absolute Gasteiger partial charge is 0.291 e. The van der Waals surface area contributed by atoms with E-state index in [9.17, 15) is 9.59 Å². The molecule has 1 aromatic heterocycles. The summed E-state index contributed by atoms with van der Waals surface area (Å²) < 4.78 is 17.1. The van der Waals surface area contributed by atoms with Gasteiger partial charge in [0.15, 0.2) is 6.10 Å². The van der Waals surface area contributed by atoms with Crippen LogP contribution in [0.25, 0.3) is 22.1 Å². The van der Waals surface area contributed by atoms with Crippen molar-refractivity contribution >= 4 is 28.5 Å². The molecule has 1 unspecified atom stereocenters. The van der Waals surface area contributed by atoms with E-state index >= 15 is 0 Å². The first kappa shape index (κ1) is 22.7. The molecule has 35 heavy (non-hydrogen) atoms. The number of amides is 2. The molecule has 0 bridgehead atoms. The molecular weight excluding hydrogens is 444 g/mol. The van der Waals surface area contributed by atoms with Gasteiger partial charge in [0.2, 0.25) is 5.76 Å². The second-order valence-electron chi connectivity index (χ2n) is 8.35. The summed E-state index contributed by atoms with van der Waals surface area (Å²) in [6.07, 6.45) is -0.794. The maximum Gasteiger partial charge on any atom is 0.291 e. The molecule has 1 fully saturated rings. The lowest BCUT2D eigenvalue weighted by molar-refractivity contribution is -0.122. The molecule has 3 aromatic carbocycles. The number of hydrogen-bond acceptors (Lipinski definition) is 5. The van der Waals surface area contributed by atoms with Gasteiger partial charge < -0.3 is 24.1 Å². The van der Waals surface area contributed by atoms with Crippen molar-refractivity contribution < 1.29 is 23.5 Å². The van der Waals surface area contributed by atoms with E-state index in [0.29, 0.717) is 48.7 Å². The molecule has 1 N–H and O–H groups in total. The Morgan fingerprint density at radius 3 is 2.29 bits per heavy atom. The molecule has 4 aromatic rings. The Kier molecular flexibility index (Phi) is 6.50. The zero-order chi connectivity index (χ0) is 24.2. The number of rotatable bonds is 6. The van der Waals surface area contributed by atoms with Crippen molar-refractivity contribution in [3.63, 3.8) is 0 Å². The van der Waals surface area contributed by atoms with Gasteiger partial charge in [-0.25, -0.2) is 0 Å². The van der Waals surface area contributed by atoms with Gasteiger partial charge in [0, 0.05) is 18.5 Å². The van der Waals surface area contributed by atoms with Crippen LogP contribution in [0.3, 0.4) is 0 Å². The van der Waals surface area contributed by atoms with Crippen molar-refractivity contribution in [2.45, 2.75) is 13.0 Å². The minimum absolute atomic E-state index is 0.112. The summed E-state index contributed by atoms with van der Waals surface area (Å²) >= 11 is 0. The van der Waals surface area contributed by atoms with E-state index < -0.39 is 6.10 Å². The zero-order valence-electron chi connectivity index (χ0n) is 19.4. The van der Waals surface area contributed by atoms with Gasteiger partial charge in [0.1, 0.15) is 17.0 Å². The number of furan rings is 1. The van der Waals surface area contributed by atoms with Crippen LogP contribution < -0.4 is 10.1 Å². The predicted octanol–water partition coefficient (Wildman–Crippen LogP) is 4.98. The summed E-state index contributed by atoms with van der Waals surface area (Å²) in [5.41, 5.74) is 3.06. The third kappa shape index (κ3) is 4.90. The number of hydrogen-bond donors (Lipinski definition) is 1.